The van der Waals surface area contributed by atoms with E-state index in [0.717, 1.165) is 72.1 Å². The van der Waals surface area contributed by atoms with Crippen LogP contribution in [0.1, 0.15) is 0 Å². The van der Waals surface area contributed by atoms with Crippen LogP contribution < -0.4 is 0 Å². The van der Waals surface area contributed by atoms with Crippen LogP contribution in [0, 0.1) is 0 Å². The smallest absolute Gasteiger partial charge is 0.164 e. The Hall–Kier alpha value is -8.81. The van der Waals surface area contributed by atoms with Gasteiger partial charge in [-0.2, -0.15) is 0 Å². The van der Waals surface area contributed by atoms with Crippen molar-refractivity contribution < 1.29 is 0 Å². The van der Waals surface area contributed by atoms with E-state index < -0.39 is 0 Å². The van der Waals surface area contributed by atoms with Gasteiger partial charge in [-0.25, -0.2) is 29.9 Å². The van der Waals surface area contributed by atoms with Crippen molar-refractivity contribution in [1.82, 2.24) is 34.9 Å². The number of benzene rings is 8. The van der Waals surface area contributed by atoms with Crippen LogP contribution >= 0.6 is 0 Å². The second-order valence-electron chi connectivity index (χ2n) is 15.4. The van der Waals surface area contributed by atoms with Crippen LogP contribution in [0.2, 0.25) is 0 Å². The minimum atomic E-state index is 0.603. The summed E-state index contributed by atoms with van der Waals surface area (Å²) in [6.07, 6.45) is 3.71. The molecule has 0 aliphatic heterocycles. The fourth-order valence-electron chi connectivity index (χ4n) is 7.99. The van der Waals surface area contributed by atoms with Gasteiger partial charge in [0.15, 0.2) is 34.9 Å². The normalized spacial score (nSPS) is 11.1. The molecular formula is C57H37N7. The first kappa shape index (κ1) is 38.1. The Morgan fingerprint density at radius 3 is 1.19 bits per heavy atom. The molecule has 7 heteroatoms. The Balaban J connectivity index is 0.989. The lowest BCUT2D eigenvalue weighted by atomic mass is 9.91. The zero-order chi connectivity index (χ0) is 42.7. The van der Waals surface area contributed by atoms with Crippen molar-refractivity contribution in [3.05, 3.63) is 225 Å². The summed E-state index contributed by atoms with van der Waals surface area (Å²) < 4.78 is 0. The molecular weight excluding hydrogens is 783 g/mol. The van der Waals surface area contributed by atoms with Gasteiger partial charge in [-0.3, -0.25) is 4.98 Å². The zero-order valence-electron chi connectivity index (χ0n) is 34.5. The molecule has 0 bridgehead atoms. The number of pyridine rings is 1. The van der Waals surface area contributed by atoms with Gasteiger partial charge in [-0.05, 0) is 62.9 Å². The first-order valence-electron chi connectivity index (χ1n) is 21.1. The molecule has 64 heavy (non-hydrogen) atoms. The summed E-state index contributed by atoms with van der Waals surface area (Å²) in [7, 11) is 0. The molecule has 0 N–H and O–H groups in total. The highest BCUT2D eigenvalue weighted by Crippen LogP contribution is 2.38. The van der Waals surface area contributed by atoms with E-state index in [1.165, 1.54) is 5.39 Å². The highest BCUT2D eigenvalue weighted by Gasteiger charge is 2.17. The summed E-state index contributed by atoms with van der Waals surface area (Å²) in [5, 5.41) is 2.30. The van der Waals surface area contributed by atoms with Crippen molar-refractivity contribution in [3.63, 3.8) is 0 Å². The predicted molar refractivity (Wildman–Crippen MR) is 257 cm³/mol. The molecule has 7 nitrogen and oxygen atoms in total. The number of hydrogen-bond donors (Lipinski definition) is 0. The van der Waals surface area contributed by atoms with Crippen molar-refractivity contribution in [3.8, 4) is 102 Å². The molecule has 0 amide bonds. The molecule has 0 saturated carbocycles. The largest absolute Gasteiger partial charge is 0.264 e. The maximum absolute atomic E-state index is 5.06. The zero-order valence-corrected chi connectivity index (χ0v) is 34.5. The van der Waals surface area contributed by atoms with Gasteiger partial charge < -0.3 is 0 Å². The molecule has 0 unspecified atom stereocenters. The highest BCUT2D eigenvalue weighted by atomic mass is 15.0. The van der Waals surface area contributed by atoms with Crippen LogP contribution in [0.3, 0.4) is 0 Å². The van der Waals surface area contributed by atoms with E-state index in [9.17, 15) is 0 Å². The van der Waals surface area contributed by atoms with Crippen LogP contribution in [0.4, 0.5) is 0 Å². The Morgan fingerprint density at radius 2 is 0.625 bits per heavy atom. The highest BCUT2D eigenvalue weighted by molar-refractivity contribution is 5.89. The molecule has 8 aromatic carbocycles. The third-order valence-corrected chi connectivity index (χ3v) is 11.3. The number of fused-ring (bicyclic) bond motifs is 1. The Bertz CT molecular complexity index is 3360. The van der Waals surface area contributed by atoms with Gasteiger partial charge in [0.25, 0.3) is 0 Å². The lowest BCUT2D eigenvalue weighted by Gasteiger charge is -2.14. The van der Waals surface area contributed by atoms with Gasteiger partial charge in [0.1, 0.15) is 0 Å². The Morgan fingerprint density at radius 1 is 0.219 bits per heavy atom. The maximum Gasteiger partial charge on any atom is 0.164 e. The first-order valence-corrected chi connectivity index (χ1v) is 21.1. The van der Waals surface area contributed by atoms with Gasteiger partial charge in [0.05, 0.1) is 0 Å². The first-order chi connectivity index (χ1) is 31.7. The standard InChI is InChI=1S/C57H37N7/c1-4-15-40(16-5-1)52-59-53(41-17-6-2-7-18-41)62-56(61-52)47-23-12-22-45(35-47)46-31-32-50(49-24-13-33-58-37-49)51(36-46)39-26-28-43(29-27-39)55-60-54(42-19-8-3-9-20-42)63-57(64-55)48-30-25-38-14-10-11-21-44(38)34-48/h1-37H. The quantitative estimate of drug-likeness (QED) is 0.143. The molecule has 300 valence electrons. The van der Waals surface area contributed by atoms with Crippen LogP contribution in [0.5, 0.6) is 0 Å². The summed E-state index contributed by atoms with van der Waals surface area (Å²) in [6, 6.07) is 72.4. The van der Waals surface area contributed by atoms with E-state index >= 15 is 0 Å². The second-order valence-corrected chi connectivity index (χ2v) is 15.4. The van der Waals surface area contributed by atoms with E-state index in [1.54, 1.807) is 6.20 Å². The number of hydrogen-bond acceptors (Lipinski definition) is 7. The predicted octanol–water partition coefficient (Wildman–Crippen LogP) is 13.6. The number of rotatable bonds is 9. The van der Waals surface area contributed by atoms with Gasteiger partial charge in [-0.15, -0.1) is 0 Å². The third kappa shape index (κ3) is 7.81. The molecule has 11 rings (SSSR count). The third-order valence-electron chi connectivity index (χ3n) is 11.3. The van der Waals surface area contributed by atoms with Crippen LogP contribution in [-0.2, 0) is 0 Å². The summed E-state index contributed by atoms with van der Waals surface area (Å²) in [5.41, 5.74) is 11.8. The summed E-state index contributed by atoms with van der Waals surface area (Å²) in [4.78, 5) is 34.4. The Labute approximate surface area is 370 Å². The van der Waals surface area contributed by atoms with Crippen molar-refractivity contribution in [2.45, 2.75) is 0 Å². The van der Waals surface area contributed by atoms with Gasteiger partial charge in [-0.1, -0.05) is 188 Å². The molecule has 3 heterocycles. The summed E-state index contributed by atoms with van der Waals surface area (Å²) >= 11 is 0. The lowest BCUT2D eigenvalue weighted by molar-refractivity contribution is 1.07. The van der Waals surface area contributed by atoms with Crippen LogP contribution in [0.25, 0.3) is 112 Å². The molecule has 0 fully saturated rings. The molecule has 0 spiro atoms. The molecule has 11 aromatic rings. The monoisotopic (exact) mass is 819 g/mol. The Kier molecular flexibility index (Phi) is 10.1. The van der Waals surface area contributed by atoms with Crippen molar-refractivity contribution in [2.24, 2.45) is 0 Å². The maximum atomic E-state index is 5.06. The fourth-order valence-corrected chi connectivity index (χ4v) is 7.99. The minimum Gasteiger partial charge on any atom is -0.264 e. The summed E-state index contributed by atoms with van der Waals surface area (Å²) in [6.45, 7) is 0. The summed E-state index contributed by atoms with van der Waals surface area (Å²) in [5.74, 6) is 3.70. The van der Waals surface area contributed by atoms with Crippen LogP contribution in [0.15, 0.2) is 225 Å². The fraction of sp³-hybridized carbons (Fsp3) is 0. The number of nitrogens with zero attached hydrogens (tertiary/aromatic N) is 7. The molecule has 0 aliphatic rings. The average Bonchev–Trinajstić information content (AvgIpc) is 3.39. The van der Waals surface area contributed by atoms with E-state index in [2.05, 4.69) is 120 Å². The van der Waals surface area contributed by atoms with Gasteiger partial charge in [0.2, 0.25) is 0 Å². The van der Waals surface area contributed by atoms with E-state index in [4.69, 9.17) is 29.9 Å². The minimum absolute atomic E-state index is 0.603. The van der Waals surface area contributed by atoms with Gasteiger partial charge >= 0.3 is 0 Å². The van der Waals surface area contributed by atoms with Gasteiger partial charge in [0, 0.05) is 51.3 Å². The second kappa shape index (κ2) is 16.9. The van der Waals surface area contributed by atoms with E-state index in [1.807, 2.05) is 103 Å². The van der Waals surface area contributed by atoms with Crippen molar-refractivity contribution in [2.75, 3.05) is 0 Å². The molecule has 0 atom stereocenters. The number of aromatic nitrogens is 7. The van der Waals surface area contributed by atoms with Crippen LogP contribution in [-0.4, -0.2) is 34.9 Å². The SMILES string of the molecule is c1ccc(-c2nc(-c3ccccc3)nc(-c3cccc(-c4ccc(-c5cccnc5)c(-c5ccc(-c6nc(-c7ccccc7)nc(-c7ccc8ccccc8c7)n6)cc5)c4)c3)n2)cc1. The topological polar surface area (TPSA) is 90.2 Å². The molecule has 3 aromatic heterocycles. The van der Waals surface area contributed by atoms with Crippen molar-refractivity contribution >= 4 is 10.8 Å². The average molecular weight is 820 g/mol. The van der Waals surface area contributed by atoms with E-state index in [0.29, 0.717) is 34.9 Å². The molecule has 0 aliphatic carbocycles. The lowest BCUT2D eigenvalue weighted by Crippen LogP contribution is -2.00. The molecule has 0 radical (unpaired) electrons. The van der Waals surface area contributed by atoms with Crippen molar-refractivity contribution in [1.29, 1.82) is 0 Å². The molecule has 0 saturated heterocycles. The van der Waals surface area contributed by atoms with E-state index in [-0.39, 0.29) is 0 Å².